The molecule has 0 spiro atoms. The maximum atomic E-state index is 12.1. The smallest absolute Gasteiger partial charge is 0.240 e. The number of fused-ring (bicyclic) bond motifs is 1. The van der Waals surface area contributed by atoms with E-state index in [9.17, 15) is 13.2 Å². The second kappa shape index (κ2) is 5.55. The molecule has 0 aromatic heterocycles. The largest absolute Gasteiger partial charge is 0.312 e. The van der Waals surface area contributed by atoms with Gasteiger partial charge in [-0.05, 0) is 24.1 Å². The van der Waals surface area contributed by atoms with Gasteiger partial charge in [0.1, 0.15) is 0 Å². The van der Waals surface area contributed by atoms with Crippen LogP contribution in [-0.4, -0.2) is 27.4 Å². The Morgan fingerprint density at radius 2 is 2.20 bits per heavy atom. The van der Waals surface area contributed by atoms with Crippen LogP contribution in [0.15, 0.2) is 34.7 Å². The number of sulfonamides is 1. The third-order valence-electron chi connectivity index (χ3n) is 3.10. The molecule has 1 aliphatic heterocycles. The van der Waals surface area contributed by atoms with Crippen molar-refractivity contribution in [3.8, 4) is 0 Å². The van der Waals surface area contributed by atoms with Crippen LogP contribution in [0.3, 0.4) is 0 Å². The first-order valence-corrected chi connectivity index (χ1v) is 7.91. The van der Waals surface area contributed by atoms with Crippen LogP contribution >= 0.6 is 11.6 Å². The number of carbonyl (C=O) groups is 1. The van der Waals surface area contributed by atoms with Crippen molar-refractivity contribution in [2.75, 3.05) is 18.0 Å². The Kier molecular flexibility index (Phi) is 4.17. The molecule has 0 radical (unpaired) electrons. The zero-order valence-electron chi connectivity index (χ0n) is 11.0. The van der Waals surface area contributed by atoms with E-state index in [0.717, 1.165) is 12.0 Å². The SMILES string of the molecule is C=C(Cl)CNS(=O)(=O)c1ccc2c(c1)N(C(C)=O)CC2. The number of amides is 1. The van der Waals surface area contributed by atoms with Crippen LogP contribution in [0.2, 0.25) is 0 Å². The molecule has 0 fully saturated rings. The van der Waals surface area contributed by atoms with Gasteiger partial charge in [-0.3, -0.25) is 4.79 Å². The summed E-state index contributed by atoms with van der Waals surface area (Å²) in [6, 6.07) is 4.78. The summed E-state index contributed by atoms with van der Waals surface area (Å²) in [6.45, 7) is 5.45. The molecule has 0 unspecified atom stereocenters. The molecule has 7 heteroatoms. The topological polar surface area (TPSA) is 66.5 Å². The van der Waals surface area contributed by atoms with Crippen LogP contribution in [0.25, 0.3) is 0 Å². The second-order valence-electron chi connectivity index (χ2n) is 4.55. The Balaban J connectivity index is 2.34. The quantitative estimate of drug-likeness (QED) is 0.918. The lowest BCUT2D eigenvalue weighted by molar-refractivity contribution is -0.116. The van der Waals surface area contributed by atoms with Crippen LogP contribution in [0.5, 0.6) is 0 Å². The molecule has 1 aromatic rings. The molecule has 1 N–H and O–H groups in total. The molecule has 5 nitrogen and oxygen atoms in total. The molecule has 1 heterocycles. The number of nitrogens with zero attached hydrogens (tertiary/aromatic N) is 1. The van der Waals surface area contributed by atoms with Crippen molar-refractivity contribution in [1.29, 1.82) is 0 Å². The lowest BCUT2D eigenvalue weighted by atomic mass is 10.2. The van der Waals surface area contributed by atoms with Crippen molar-refractivity contribution in [3.05, 3.63) is 35.4 Å². The van der Waals surface area contributed by atoms with E-state index in [-0.39, 0.29) is 22.4 Å². The zero-order chi connectivity index (χ0) is 14.9. The molecule has 1 aromatic carbocycles. The molecule has 0 bridgehead atoms. The van der Waals surface area contributed by atoms with Gasteiger partial charge in [0.2, 0.25) is 15.9 Å². The van der Waals surface area contributed by atoms with E-state index in [0.29, 0.717) is 12.2 Å². The van der Waals surface area contributed by atoms with Crippen LogP contribution in [-0.2, 0) is 21.2 Å². The van der Waals surface area contributed by atoms with E-state index in [4.69, 9.17) is 11.6 Å². The summed E-state index contributed by atoms with van der Waals surface area (Å²) in [5.74, 6) is -0.0969. The Morgan fingerprint density at radius 1 is 1.50 bits per heavy atom. The van der Waals surface area contributed by atoms with Gasteiger partial charge in [-0.2, -0.15) is 0 Å². The third-order valence-corrected chi connectivity index (χ3v) is 4.63. The monoisotopic (exact) mass is 314 g/mol. The summed E-state index contributed by atoms with van der Waals surface area (Å²) < 4.78 is 26.5. The minimum absolute atomic E-state index is 0.0304. The van der Waals surface area contributed by atoms with Crippen molar-refractivity contribution < 1.29 is 13.2 Å². The number of halogens is 1. The Hall–Kier alpha value is -1.37. The van der Waals surface area contributed by atoms with E-state index in [2.05, 4.69) is 11.3 Å². The minimum Gasteiger partial charge on any atom is -0.312 e. The number of anilines is 1. The lowest BCUT2D eigenvalue weighted by Crippen LogP contribution is -2.27. The highest BCUT2D eigenvalue weighted by molar-refractivity contribution is 7.89. The molecule has 0 saturated carbocycles. The second-order valence-corrected chi connectivity index (χ2v) is 6.85. The summed E-state index contributed by atoms with van der Waals surface area (Å²) in [7, 11) is -3.66. The normalized spacial score (nSPS) is 14.2. The van der Waals surface area contributed by atoms with Crippen molar-refractivity contribution in [3.63, 3.8) is 0 Å². The van der Waals surface area contributed by atoms with Gasteiger partial charge in [0, 0.05) is 30.7 Å². The fourth-order valence-corrected chi connectivity index (χ4v) is 3.30. The number of rotatable bonds is 4. The molecular formula is C13H15ClN2O3S. The summed E-state index contributed by atoms with van der Waals surface area (Å²) in [5, 5.41) is 0.208. The van der Waals surface area contributed by atoms with E-state index >= 15 is 0 Å². The summed E-state index contributed by atoms with van der Waals surface area (Å²) in [4.78, 5) is 13.2. The van der Waals surface area contributed by atoms with Crippen molar-refractivity contribution in [2.45, 2.75) is 18.2 Å². The van der Waals surface area contributed by atoms with Gasteiger partial charge >= 0.3 is 0 Å². The van der Waals surface area contributed by atoms with E-state index < -0.39 is 10.0 Å². The zero-order valence-corrected chi connectivity index (χ0v) is 12.6. The van der Waals surface area contributed by atoms with Crippen molar-refractivity contribution in [2.24, 2.45) is 0 Å². The predicted octanol–water partition coefficient (Wildman–Crippen LogP) is 1.63. The standard InChI is InChI=1S/C13H15ClN2O3S/c1-9(14)8-15-20(18,19)12-4-3-11-5-6-16(10(2)17)13(11)7-12/h3-4,7,15H,1,5-6,8H2,2H3. The predicted molar refractivity (Wildman–Crippen MR) is 78.4 cm³/mol. The van der Waals surface area contributed by atoms with Crippen LogP contribution in [0, 0.1) is 0 Å². The fourth-order valence-electron chi connectivity index (χ4n) is 2.11. The van der Waals surface area contributed by atoms with E-state index in [1.165, 1.54) is 19.1 Å². The van der Waals surface area contributed by atoms with Crippen LogP contribution < -0.4 is 9.62 Å². The highest BCUT2D eigenvalue weighted by atomic mass is 35.5. The average molecular weight is 315 g/mol. The lowest BCUT2D eigenvalue weighted by Gasteiger charge is -2.15. The third kappa shape index (κ3) is 3.03. The molecule has 20 heavy (non-hydrogen) atoms. The van der Waals surface area contributed by atoms with Crippen LogP contribution in [0.1, 0.15) is 12.5 Å². The average Bonchev–Trinajstić information content (AvgIpc) is 2.79. The van der Waals surface area contributed by atoms with E-state index in [1.807, 2.05) is 0 Å². The molecule has 0 atom stereocenters. The van der Waals surface area contributed by atoms with E-state index in [1.54, 1.807) is 11.0 Å². The summed E-state index contributed by atoms with van der Waals surface area (Å²) in [6.07, 6.45) is 0.737. The van der Waals surface area contributed by atoms with Gasteiger partial charge in [0.25, 0.3) is 0 Å². The van der Waals surface area contributed by atoms with Crippen molar-refractivity contribution in [1.82, 2.24) is 4.72 Å². The van der Waals surface area contributed by atoms with Gasteiger partial charge in [-0.15, -0.1) is 0 Å². The summed E-state index contributed by atoms with van der Waals surface area (Å²) in [5.41, 5.74) is 1.63. The number of hydrogen-bond acceptors (Lipinski definition) is 3. The maximum Gasteiger partial charge on any atom is 0.240 e. The molecule has 0 aliphatic carbocycles. The molecule has 0 saturated heterocycles. The van der Waals surface area contributed by atoms with Gasteiger partial charge in [0.15, 0.2) is 0 Å². The maximum absolute atomic E-state index is 12.1. The van der Waals surface area contributed by atoms with Gasteiger partial charge in [0.05, 0.1) is 4.90 Å². The van der Waals surface area contributed by atoms with Crippen LogP contribution in [0.4, 0.5) is 5.69 Å². The number of nitrogens with one attached hydrogen (secondary N) is 1. The molecule has 2 rings (SSSR count). The first-order valence-electron chi connectivity index (χ1n) is 6.05. The first kappa shape index (κ1) is 15.0. The molecule has 1 amide bonds. The molecule has 1 aliphatic rings. The number of benzene rings is 1. The molecule has 108 valence electrons. The molecular weight excluding hydrogens is 300 g/mol. The Morgan fingerprint density at radius 3 is 2.80 bits per heavy atom. The summed E-state index contributed by atoms with van der Waals surface area (Å²) >= 11 is 5.56. The van der Waals surface area contributed by atoms with Gasteiger partial charge in [-0.1, -0.05) is 24.2 Å². The van der Waals surface area contributed by atoms with Gasteiger partial charge in [-0.25, -0.2) is 13.1 Å². The highest BCUT2D eigenvalue weighted by Crippen LogP contribution is 2.30. The number of carbonyl (C=O) groups excluding carboxylic acids is 1. The highest BCUT2D eigenvalue weighted by Gasteiger charge is 2.24. The minimum atomic E-state index is -3.66. The fraction of sp³-hybridized carbons (Fsp3) is 0.308. The van der Waals surface area contributed by atoms with Gasteiger partial charge < -0.3 is 4.90 Å². The first-order chi connectivity index (χ1) is 9.31. The Labute approximate surface area is 123 Å². The number of hydrogen-bond donors (Lipinski definition) is 1. The van der Waals surface area contributed by atoms with Crippen molar-refractivity contribution >= 4 is 33.2 Å². The Bertz CT molecular complexity index is 670.